The second-order valence-electron chi connectivity index (χ2n) is 8.96. The molecule has 2 saturated heterocycles. The van der Waals surface area contributed by atoms with Crippen LogP contribution in [0.3, 0.4) is 0 Å². The van der Waals surface area contributed by atoms with Gasteiger partial charge in [0.05, 0.1) is 10.5 Å². The fourth-order valence-electron chi connectivity index (χ4n) is 4.45. The Labute approximate surface area is 202 Å². The van der Waals surface area contributed by atoms with Gasteiger partial charge in [-0.2, -0.15) is 0 Å². The topological polar surface area (TPSA) is 73.4 Å². The van der Waals surface area contributed by atoms with E-state index in [4.69, 9.17) is 4.74 Å². The molecule has 2 aliphatic heterocycles. The van der Waals surface area contributed by atoms with Gasteiger partial charge in [-0.05, 0) is 43.2 Å². The van der Waals surface area contributed by atoms with E-state index in [9.17, 15) is 13.2 Å². The van der Waals surface area contributed by atoms with Crippen molar-refractivity contribution in [2.24, 2.45) is 0 Å². The number of amides is 1. The van der Waals surface area contributed by atoms with Crippen molar-refractivity contribution < 1.29 is 17.9 Å². The minimum Gasteiger partial charge on any atom is -0.492 e. The number of rotatable bonds is 8. The van der Waals surface area contributed by atoms with E-state index in [0.717, 1.165) is 57.0 Å². The van der Waals surface area contributed by atoms with Crippen LogP contribution in [0, 0.1) is 0 Å². The molecule has 0 N–H and O–H groups in total. The summed E-state index contributed by atoms with van der Waals surface area (Å²) in [4.78, 5) is 20.1. The Morgan fingerprint density at radius 3 is 2.26 bits per heavy atom. The molecule has 0 radical (unpaired) electrons. The number of hydrogen-bond donors (Lipinski definition) is 0. The van der Waals surface area contributed by atoms with Gasteiger partial charge in [0.1, 0.15) is 12.4 Å². The molecule has 184 valence electrons. The zero-order valence-electron chi connectivity index (χ0n) is 20.0. The van der Waals surface area contributed by atoms with E-state index in [1.54, 1.807) is 18.2 Å². The Morgan fingerprint density at radius 2 is 1.62 bits per heavy atom. The molecule has 4 rings (SSSR count). The Bertz CT molecular complexity index is 1080. The SMILES string of the molecule is CN(C)S(=O)(=O)c1ccc(N2CCCC2)c(C(=O)N2CCN(CCOc3ccccc3)CC2)c1. The number of para-hydroxylation sites is 1. The predicted molar refractivity (Wildman–Crippen MR) is 133 cm³/mol. The third-order valence-electron chi connectivity index (χ3n) is 6.50. The van der Waals surface area contributed by atoms with Crippen molar-refractivity contribution in [3.63, 3.8) is 0 Å². The van der Waals surface area contributed by atoms with Crippen molar-refractivity contribution in [2.45, 2.75) is 17.7 Å². The summed E-state index contributed by atoms with van der Waals surface area (Å²) in [6, 6.07) is 14.7. The molecule has 2 aliphatic rings. The highest BCUT2D eigenvalue weighted by molar-refractivity contribution is 7.89. The van der Waals surface area contributed by atoms with Gasteiger partial charge in [-0.25, -0.2) is 12.7 Å². The zero-order valence-corrected chi connectivity index (χ0v) is 20.8. The van der Waals surface area contributed by atoms with Crippen molar-refractivity contribution in [3.8, 4) is 5.75 Å². The molecule has 8 nitrogen and oxygen atoms in total. The molecule has 34 heavy (non-hydrogen) atoms. The highest BCUT2D eigenvalue weighted by Crippen LogP contribution is 2.29. The minimum absolute atomic E-state index is 0.0992. The molecule has 1 amide bonds. The van der Waals surface area contributed by atoms with Gasteiger partial charge < -0.3 is 14.5 Å². The maximum absolute atomic E-state index is 13.6. The lowest BCUT2D eigenvalue weighted by molar-refractivity contribution is 0.0620. The van der Waals surface area contributed by atoms with Crippen LogP contribution in [-0.2, 0) is 10.0 Å². The third-order valence-corrected chi connectivity index (χ3v) is 8.31. The van der Waals surface area contributed by atoms with Crippen molar-refractivity contribution in [1.29, 1.82) is 0 Å². The van der Waals surface area contributed by atoms with Crippen LogP contribution in [0.15, 0.2) is 53.4 Å². The summed E-state index contributed by atoms with van der Waals surface area (Å²) in [7, 11) is -0.612. The van der Waals surface area contributed by atoms with E-state index in [2.05, 4.69) is 9.80 Å². The van der Waals surface area contributed by atoms with Crippen LogP contribution >= 0.6 is 0 Å². The van der Waals surface area contributed by atoms with Gasteiger partial charge in [0.25, 0.3) is 5.91 Å². The smallest absolute Gasteiger partial charge is 0.256 e. The Balaban J connectivity index is 1.43. The number of carbonyl (C=O) groups excluding carboxylic acids is 1. The summed E-state index contributed by atoms with van der Waals surface area (Å²) >= 11 is 0. The van der Waals surface area contributed by atoms with Gasteiger partial charge in [-0.1, -0.05) is 18.2 Å². The van der Waals surface area contributed by atoms with Crippen molar-refractivity contribution >= 4 is 21.6 Å². The summed E-state index contributed by atoms with van der Waals surface area (Å²) in [6.07, 6.45) is 2.16. The first-order valence-corrected chi connectivity index (χ1v) is 13.3. The average molecular weight is 487 g/mol. The number of piperazine rings is 1. The van der Waals surface area contributed by atoms with Gasteiger partial charge in [0.15, 0.2) is 0 Å². The van der Waals surface area contributed by atoms with Crippen molar-refractivity contribution in [3.05, 3.63) is 54.1 Å². The van der Waals surface area contributed by atoms with Crippen LogP contribution < -0.4 is 9.64 Å². The summed E-state index contributed by atoms with van der Waals surface area (Å²) in [5, 5.41) is 0. The molecule has 2 aromatic carbocycles. The van der Waals surface area contributed by atoms with Crippen LogP contribution in [0.25, 0.3) is 0 Å². The molecule has 2 fully saturated rings. The largest absolute Gasteiger partial charge is 0.492 e. The molecule has 9 heteroatoms. The van der Waals surface area contributed by atoms with E-state index in [1.807, 2.05) is 35.2 Å². The summed E-state index contributed by atoms with van der Waals surface area (Å²) < 4.78 is 32.4. The second kappa shape index (κ2) is 10.8. The fourth-order valence-corrected chi connectivity index (χ4v) is 5.37. The van der Waals surface area contributed by atoms with Crippen molar-refractivity contribution in [1.82, 2.24) is 14.1 Å². The average Bonchev–Trinajstić information content (AvgIpc) is 3.39. The van der Waals surface area contributed by atoms with Crippen LogP contribution in [-0.4, -0.2) is 94.9 Å². The first-order valence-electron chi connectivity index (χ1n) is 11.9. The summed E-state index contributed by atoms with van der Waals surface area (Å²) in [6.45, 7) is 5.90. The third kappa shape index (κ3) is 5.54. The minimum atomic E-state index is -3.62. The summed E-state index contributed by atoms with van der Waals surface area (Å²) in [5.74, 6) is 0.760. The van der Waals surface area contributed by atoms with E-state index in [0.29, 0.717) is 25.3 Å². The van der Waals surface area contributed by atoms with Gasteiger partial charge in [0, 0.05) is 65.6 Å². The highest BCUT2D eigenvalue weighted by Gasteiger charge is 2.28. The van der Waals surface area contributed by atoms with E-state index >= 15 is 0 Å². The standard InChI is InChI=1S/C25H34N4O4S/c1-26(2)34(31,32)22-10-11-24(28-12-6-7-13-28)23(20-22)25(30)29-16-14-27(15-17-29)18-19-33-21-8-4-3-5-9-21/h3-5,8-11,20H,6-7,12-19H2,1-2H3. The Hall–Kier alpha value is -2.62. The molecule has 0 spiro atoms. The molecular formula is C25H34N4O4S. The van der Waals surface area contributed by atoms with E-state index in [1.165, 1.54) is 18.4 Å². The molecule has 0 saturated carbocycles. The molecule has 0 atom stereocenters. The number of benzene rings is 2. The fraction of sp³-hybridized carbons (Fsp3) is 0.480. The van der Waals surface area contributed by atoms with E-state index < -0.39 is 10.0 Å². The van der Waals surface area contributed by atoms with Crippen molar-refractivity contribution in [2.75, 3.05) is 71.4 Å². The normalized spacial score (nSPS) is 17.4. The zero-order chi connectivity index (χ0) is 24.1. The monoisotopic (exact) mass is 486 g/mol. The lowest BCUT2D eigenvalue weighted by Gasteiger charge is -2.35. The number of ether oxygens (including phenoxy) is 1. The van der Waals surface area contributed by atoms with Crippen LogP contribution in [0.5, 0.6) is 5.75 Å². The molecular weight excluding hydrogens is 452 g/mol. The van der Waals surface area contributed by atoms with Gasteiger partial charge in [0.2, 0.25) is 10.0 Å². The van der Waals surface area contributed by atoms with Gasteiger partial charge in [-0.3, -0.25) is 9.69 Å². The molecule has 0 aromatic heterocycles. The maximum atomic E-state index is 13.6. The molecule has 0 bridgehead atoms. The number of hydrogen-bond acceptors (Lipinski definition) is 6. The van der Waals surface area contributed by atoms with E-state index in [-0.39, 0.29) is 10.8 Å². The first-order chi connectivity index (χ1) is 16.4. The Morgan fingerprint density at radius 1 is 0.941 bits per heavy atom. The predicted octanol–water partition coefficient (Wildman–Crippen LogP) is 2.37. The molecule has 0 aliphatic carbocycles. The number of carbonyl (C=O) groups is 1. The number of sulfonamides is 1. The lowest BCUT2D eigenvalue weighted by atomic mass is 10.1. The Kier molecular flexibility index (Phi) is 7.75. The highest BCUT2D eigenvalue weighted by atomic mass is 32.2. The number of anilines is 1. The quantitative estimate of drug-likeness (QED) is 0.571. The summed E-state index contributed by atoms with van der Waals surface area (Å²) in [5.41, 5.74) is 1.31. The maximum Gasteiger partial charge on any atom is 0.256 e. The first kappa shape index (κ1) is 24.5. The molecule has 2 heterocycles. The lowest BCUT2D eigenvalue weighted by Crippen LogP contribution is -2.49. The van der Waals surface area contributed by atoms with Crippen LogP contribution in [0.4, 0.5) is 5.69 Å². The van der Waals surface area contributed by atoms with Gasteiger partial charge >= 0.3 is 0 Å². The van der Waals surface area contributed by atoms with Gasteiger partial charge in [-0.15, -0.1) is 0 Å². The molecule has 2 aromatic rings. The second-order valence-corrected chi connectivity index (χ2v) is 11.1. The number of nitrogens with zero attached hydrogens (tertiary/aromatic N) is 4. The van der Waals surface area contributed by atoms with Crippen LogP contribution in [0.1, 0.15) is 23.2 Å². The molecule has 0 unspecified atom stereocenters. The van der Waals surface area contributed by atoms with Crippen LogP contribution in [0.2, 0.25) is 0 Å².